The number of nitrogens with zero attached hydrogens (tertiary/aromatic N) is 1. The van der Waals surface area contributed by atoms with Gasteiger partial charge >= 0.3 is 5.69 Å². The lowest BCUT2D eigenvalue weighted by molar-refractivity contribution is 0.0951. The molecule has 1 heterocycles. The van der Waals surface area contributed by atoms with Crippen molar-refractivity contribution in [2.45, 2.75) is 44.8 Å². The van der Waals surface area contributed by atoms with E-state index in [-0.39, 0.29) is 11.6 Å². The molecule has 0 bridgehead atoms. The van der Waals surface area contributed by atoms with Gasteiger partial charge in [-0.25, -0.2) is 4.79 Å². The molecule has 1 aliphatic rings. The molecule has 0 atom stereocenters. The molecule has 1 aromatic heterocycles. The highest BCUT2D eigenvalue weighted by Crippen LogP contribution is 2.24. The zero-order chi connectivity index (χ0) is 19.5. The third-order valence-corrected chi connectivity index (χ3v) is 5.37. The molecule has 1 aliphatic carbocycles. The molecule has 2 aromatic carbocycles. The molecule has 6 nitrogen and oxygen atoms in total. The largest absolute Gasteiger partial charge is 0.490 e. The Bertz CT molecular complexity index is 1040. The van der Waals surface area contributed by atoms with Gasteiger partial charge in [-0.3, -0.25) is 9.36 Å². The summed E-state index contributed by atoms with van der Waals surface area (Å²) in [6.07, 6.45) is 6.30. The van der Waals surface area contributed by atoms with Crippen LogP contribution in [0.4, 0.5) is 0 Å². The summed E-state index contributed by atoms with van der Waals surface area (Å²) < 4.78 is 7.62. The molecule has 4 rings (SSSR count). The van der Waals surface area contributed by atoms with Gasteiger partial charge in [0, 0.05) is 19.2 Å². The number of imidazole rings is 1. The number of amides is 1. The van der Waals surface area contributed by atoms with Gasteiger partial charge in [-0.05, 0) is 61.6 Å². The molecule has 1 saturated carbocycles. The van der Waals surface area contributed by atoms with Crippen LogP contribution < -0.4 is 15.7 Å². The Balaban J connectivity index is 1.40. The van der Waals surface area contributed by atoms with Crippen molar-refractivity contribution >= 4 is 16.9 Å². The first-order chi connectivity index (χ1) is 13.6. The van der Waals surface area contributed by atoms with Crippen molar-refractivity contribution in [3.05, 3.63) is 64.1 Å². The summed E-state index contributed by atoms with van der Waals surface area (Å²) in [7, 11) is 1.70. The Morgan fingerprint density at radius 1 is 1.18 bits per heavy atom. The molecule has 6 heteroatoms. The summed E-state index contributed by atoms with van der Waals surface area (Å²) in [4.78, 5) is 27.0. The molecule has 0 radical (unpaired) electrons. The molecule has 0 aliphatic heterocycles. The quantitative estimate of drug-likeness (QED) is 0.712. The lowest BCUT2D eigenvalue weighted by Crippen LogP contribution is -2.23. The molecule has 0 saturated heterocycles. The number of aromatic amines is 1. The molecule has 1 fully saturated rings. The number of nitrogens with one attached hydrogen (secondary N) is 2. The average Bonchev–Trinajstić information content (AvgIpc) is 3.00. The molecular weight excluding hydrogens is 354 g/mol. The van der Waals surface area contributed by atoms with Gasteiger partial charge < -0.3 is 15.0 Å². The van der Waals surface area contributed by atoms with Crippen LogP contribution in [0, 0.1) is 0 Å². The van der Waals surface area contributed by atoms with Gasteiger partial charge in [0.25, 0.3) is 5.91 Å². The zero-order valence-electron chi connectivity index (χ0n) is 16.0. The van der Waals surface area contributed by atoms with Crippen molar-refractivity contribution in [1.29, 1.82) is 0 Å². The van der Waals surface area contributed by atoms with Crippen LogP contribution in [0.5, 0.6) is 5.75 Å². The normalized spacial score (nSPS) is 14.9. The minimum absolute atomic E-state index is 0.176. The van der Waals surface area contributed by atoms with E-state index in [2.05, 4.69) is 10.3 Å². The highest BCUT2D eigenvalue weighted by atomic mass is 16.5. The van der Waals surface area contributed by atoms with Crippen LogP contribution in [-0.4, -0.2) is 21.6 Å². The van der Waals surface area contributed by atoms with Crippen LogP contribution in [0.3, 0.4) is 0 Å². The van der Waals surface area contributed by atoms with E-state index in [1.165, 1.54) is 23.8 Å². The zero-order valence-corrected chi connectivity index (χ0v) is 16.0. The second kappa shape index (κ2) is 7.92. The van der Waals surface area contributed by atoms with Crippen molar-refractivity contribution in [3.8, 4) is 5.75 Å². The van der Waals surface area contributed by atoms with Crippen LogP contribution in [0.2, 0.25) is 0 Å². The number of rotatable bonds is 5. The molecule has 0 unspecified atom stereocenters. The monoisotopic (exact) mass is 379 g/mol. The maximum absolute atomic E-state index is 12.5. The first-order valence-electron chi connectivity index (χ1n) is 9.83. The molecule has 0 spiro atoms. The number of H-pyrrole nitrogens is 1. The third kappa shape index (κ3) is 3.96. The van der Waals surface area contributed by atoms with E-state index in [0.717, 1.165) is 29.7 Å². The average molecular weight is 379 g/mol. The first-order valence-corrected chi connectivity index (χ1v) is 9.83. The van der Waals surface area contributed by atoms with Gasteiger partial charge in [-0.2, -0.15) is 0 Å². The Labute approximate surface area is 163 Å². The van der Waals surface area contributed by atoms with Gasteiger partial charge in [0.2, 0.25) is 0 Å². The van der Waals surface area contributed by atoms with Gasteiger partial charge in [-0.15, -0.1) is 0 Å². The van der Waals surface area contributed by atoms with Crippen molar-refractivity contribution in [2.24, 2.45) is 7.05 Å². The number of benzene rings is 2. The first kappa shape index (κ1) is 18.3. The maximum atomic E-state index is 12.5. The Hall–Kier alpha value is -3.02. The van der Waals surface area contributed by atoms with E-state index in [1.807, 2.05) is 24.3 Å². The summed E-state index contributed by atoms with van der Waals surface area (Å²) in [6.45, 7) is 0.421. The van der Waals surface area contributed by atoms with Gasteiger partial charge in [0.05, 0.1) is 17.1 Å². The highest BCUT2D eigenvalue weighted by molar-refractivity contribution is 5.97. The van der Waals surface area contributed by atoms with Crippen LogP contribution >= 0.6 is 0 Å². The summed E-state index contributed by atoms with van der Waals surface area (Å²) in [5.41, 5.74) is 2.75. The number of aryl methyl sites for hydroxylation is 1. The SMILES string of the molecule is Cn1c(=O)[nH]c2cc(C(=O)NCc3cccc(OC4CCCCC4)c3)ccc21. The third-order valence-electron chi connectivity index (χ3n) is 5.37. The topological polar surface area (TPSA) is 76.1 Å². The number of carbonyl (C=O) groups is 1. The lowest BCUT2D eigenvalue weighted by atomic mass is 9.98. The number of hydrogen-bond acceptors (Lipinski definition) is 3. The lowest BCUT2D eigenvalue weighted by Gasteiger charge is -2.23. The van der Waals surface area contributed by atoms with Crippen molar-refractivity contribution in [1.82, 2.24) is 14.9 Å². The Morgan fingerprint density at radius 3 is 2.82 bits per heavy atom. The standard InChI is InChI=1S/C22H25N3O3/c1-25-20-11-10-16(13-19(20)24-22(25)27)21(26)23-14-15-6-5-9-18(12-15)28-17-7-3-2-4-8-17/h5-6,9-13,17H,2-4,7-8,14H2,1H3,(H,23,26)(H,24,27). The number of aromatic nitrogens is 2. The van der Waals surface area contributed by atoms with E-state index >= 15 is 0 Å². The molecule has 2 N–H and O–H groups in total. The second-order valence-corrected chi connectivity index (χ2v) is 7.43. The Kier molecular flexibility index (Phi) is 5.19. The smallest absolute Gasteiger partial charge is 0.326 e. The van der Waals surface area contributed by atoms with Crippen LogP contribution in [-0.2, 0) is 13.6 Å². The second-order valence-electron chi connectivity index (χ2n) is 7.43. The van der Waals surface area contributed by atoms with Crippen LogP contribution in [0.25, 0.3) is 11.0 Å². The Morgan fingerprint density at radius 2 is 2.00 bits per heavy atom. The van der Waals surface area contributed by atoms with Gasteiger partial charge in [0.1, 0.15) is 5.75 Å². The number of fused-ring (bicyclic) bond motifs is 1. The van der Waals surface area contributed by atoms with Gasteiger partial charge in [0.15, 0.2) is 0 Å². The molecule has 1 amide bonds. The predicted molar refractivity (Wildman–Crippen MR) is 109 cm³/mol. The minimum atomic E-state index is -0.192. The number of ether oxygens (including phenoxy) is 1. The maximum Gasteiger partial charge on any atom is 0.326 e. The van der Waals surface area contributed by atoms with E-state index in [1.54, 1.807) is 25.2 Å². The fraction of sp³-hybridized carbons (Fsp3) is 0.364. The fourth-order valence-electron chi connectivity index (χ4n) is 3.77. The van der Waals surface area contributed by atoms with E-state index < -0.39 is 0 Å². The van der Waals surface area contributed by atoms with Crippen LogP contribution in [0.1, 0.15) is 48.0 Å². The highest BCUT2D eigenvalue weighted by Gasteiger charge is 2.15. The molecule has 28 heavy (non-hydrogen) atoms. The summed E-state index contributed by atoms with van der Waals surface area (Å²) in [5, 5.41) is 2.94. The molecular formula is C22H25N3O3. The summed E-state index contributed by atoms with van der Waals surface area (Å²) in [6, 6.07) is 13.1. The summed E-state index contributed by atoms with van der Waals surface area (Å²) >= 11 is 0. The van der Waals surface area contributed by atoms with Crippen LogP contribution in [0.15, 0.2) is 47.3 Å². The van der Waals surface area contributed by atoms with Crippen molar-refractivity contribution < 1.29 is 9.53 Å². The predicted octanol–water partition coefficient (Wildman–Crippen LogP) is 3.51. The van der Waals surface area contributed by atoms with E-state index in [0.29, 0.717) is 23.7 Å². The van der Waals surface area contributed by atoms with Gasteiger partial charge in [-0.1, -0.05) is 18.6 Å². The fourth-order valence-corrected chi connectivity index (χ4v) is 3.77. The van der Waals surface area contributed by atoms with Crippen molar-refractivity contribution in [3.63, 3.8) is 0 Å². The molecule has 3 aromatic rings. The van der Waals surface area contributed by atoms with E-state index in [4.69, 9.17) is 4.74 Å². The molecule has 146 valence electrons. The number of hydrogen-bond donors (Lipinski definition) is 2. The van der Waals surface area contributed by atoms with Crippen molar-refractivity contribution in [2.75, 3.05) is 0 Å². The summed E-state index contributed by atoms with van der Waals surface area (Å²) in [5.74, 6) is 0.687. The number of carbonyl (C=O) groups excluding carboxylic acids is 1. The minimum Gasteiger partial charge on any atom is -0.490 e. The van der Waals surface area contributed by atoms with E-state index in [9.17, 15) is 9.59 Å².